The second-order valence-electron chi connectivity index (χ2n) is 6.02. The normalized spacial score (nSPS) is 21.9. The summed E-state index contributed by atoms with van der Waals surface area (Å²) in [4.78, 5) is 2.36. The van der Waals surface area contributed by atoms with E-state index < -0.39 is 0 Å². The Labute approximate surface area is 126 Å². The Kier molecular flexibility index (Phi) is 5.12. The van der Waals surface area contributed by atoms with Crippen molar-refractivity contribution in [2.24, 2.45) is 0 Å². The second kappa shape index (κ2) is 7.25. The number of ether oxygens (including phenoxy) is 2. The Bertz CT molecular complexity index is 424. The van der Waals surface area contributed by atoms with E-state index in [1.54, 1.807) is 0 Å². The summed E-state index contributed by atoms with van der Waals surface area (Å²) in [7, 11) is 0. The highest BCUT2D eigenvalue weighted by Crippen LogP contribution is 2.28. The molecule has 0 radical (unpaired) electrons. The van der Waals surface area contributed by atoms with E-state index >= 15 is 0 Å². The SMILES string of the molecule is OCCN(Cc1ccc(OCC2CCCO2)cc1)C1CC1. The molecule has 1 aliphatic heterocycles. The summed E-state index contributed by atoms with van der Waals surface area (Å²) in [6.07, 6.45) is 5.05. The molecule has 0 spiro atoms. The van der Waals surface area contributed by atoms with E-state index in [2.05, 4.69) is 17.0 Å². The second-order valence-corrected chi connectivity index (χ2v) is 6.02. The summed E-state index contributed by atoms with van der Waals surface area (Å²) in [6, 6.07) is 8.99. The Morgan fingerprint density at radius 1 is 1.19 bits per heavy atom. The van der Waals surface area contributed by atoms with E-state index in [1.165, 1.54) is 18.4 Å². The van der Waals surface area contributed by atoms with Gasteiger partial charge in [-0.05, 0) is 43.4 Å². The molecule has 1 heterocycles. The minimum atomic E-state index is 0.235. The first kappa shape index (κ1) is 14.8. The van der Waals surface area contributed by atoms with Gasteiger partial charge in [-0.15, -0.1) is 0 Å². The number of aliphatic hydroxyl groups excluding tert-OH is 1. The lowest BCUT2D eigenvalue weighted by molar-refractivity contribution is 0.0679. The highest BCUT2D eigenvalue weighted by molar-refractivity contribution is 5.27. The molecule has 0 bridgehead atoms. The van der Waals surface area contributed by atoms with Crippen molar-refractivity contribution in [2.45, 2.75) is 44.4 Å². The average Bonchev–Trinajstić information content (AvgIpc) is 3.22. The smallest absolute Gasteiger partial charge is 0.119 e. The van der Waals surface area contributed by atoms with Gasteiger partial charge in [-0.25, -0.2) is 0 Å². The third-order valence-electron chi connectivity index (χ3n) is 4.22. The third-order valence-corrected chi connectivity index (χ3v) is 4.22. The Morgan fingerprint density at radius 3 is 2.62 bits per heavy atom. The lowest BCUT2D eigenvalue weighted by Crippen LogP contribution is -2.28. The molecular formula is C17H25NO3. The van der Waals surface area contributed by atoms with Gasteiger partial charge in [0, 0.05) is 25.7 Å². The summed E-state index contributed by atoms with van der Waals surface area (Å²) in [5.41, 5.74) is 1.28. The van der Waals surface area contributed by atoms with Crippen LogP contribution in [0.5, 0.6) is 5.75 Å². The monoisotopic (exact) mass is 291 g/mol. The zero-order chi connectivity index (χ0) is 14.5. The van der Waals surface area contributed by atoms with Crippen LogP contribution in [0.1, 0.15) is 31.2 Å². The number of aliphatic hydroxyl groups is 1. The van der Waals surface area contributed by atoms with Gasteiger partial charge >= 0.3 is 0 Å². The van der Waals surface area contributed by atoms with Crippen LogP contribution in [0.4, 0.5) is 0 Å². The number of benzene rings is 1. The number of hydrogen-bond acceptors (Lipinski definition) is 4. The minimum Gasteiger partial charge on any atom is -0.491 e. The fourth-order valence-electron chi connectivity index (χ4n) is 2.85. The Hall–Kier alpha value is -1.10. The zero-order valence-electron chi connectivity index (χ0n) is 12.5. The zero-order valence-corrected chi connectivity index (χ0v) is 12.5. The van der Waals surface area contributed by atoms with Gasteiger partial charge in [0.25, 0.3) is 0 Å². The summed E-state index contributed by atoms with van der Waals surface area (Å²) in [6.45, 7) is 3.44. The van der Waals surface area contributed by atoms with Gasteiger partial charge in [0.05, 0.1) is 12.7 Å². The fourth-order valence-corrected chi connectivity index (χ4v) is 2.85. The molecule has 116 valence electrons. The molecule has 1 unspecified atom stereocenters. The van der Waals surface area contributed by atoms with E-state index in [9.17, 15) is 0 Å². The molecule has 1 N–H and O–H groups in total. The molecule has 0 amide bonds. The lowest BCUT2D eigenvalue weighted by atomic mass is 10.2. The third kappa shape index (κ3) is 4.43. The Balaban J connectivity index is 1.48. The minimum absolute atomic E-state index is 0.235. The largest absolute Gasteiger partial charge is 0.491 e. The predicted molar refractivity (Wildman–Crippen MR) is 81.4 cm³/mol. The van der Waals surface area contributed by atoms with E-state index in [0.29, 0.717) is 12.6 Å². The molecule has 21 heavy (non-hydrogen) atoms. The van der Waals surface area contributed by atoms with Crippen LogP contribution >= 0.6 is 0 Å². The van der Waals surface area contributed by atoms with Crippen molar-refractivity contribution in [1.82, 2.24) is 4.90 Å². The maximum atomic E-state index is 9.14. The van der Waals surface area contributed by atoms with Crippen LogP contribution in [-0.2, 0) is 11.3 Å². The summed E-state index contributed by atoms with van der Waals surface area (Å²) >= 11 is 0. The van der Waals surface area contributed by atoms with Crippen molar-refractivity contribution < 1.29 is 14.6 Å². The van der Waals surface area contributed by atoms with Crippen LogP contribution in [0, 0.1) is 0 Å². The summed E-state index contributed by atoms with van der Waals surface area (Å²) in [5, 5.41) is 9.14. The van der Waals surface area contributed by atoms with E-state index in [4.69, 9.17) is 14.6 Å². The average molecular weight is 291 g/mol. The summed E-state index contributed by atoms with van der Waals surface area (Å²) < 4.78 is 11.3. The van der Waals surface area contributed by atoms with Crippen molar-refractivity contribution in [3.63, 3.8) is 0 Å². The van der Waals surface area contributed by atoms with Crippen molar-refractivity contribution in [3.8, 4) is 5.75 Å². The quantitative estimate of drug-likeness (QED) is 0.797. The van der Waals surface area contributed by atoms with Crippen molar-refractivity contribution >= 4 is 0 Å². The first-order valence-electron chi connectivity index (χ1n) is 8.03. The first-order valence-corrected chi connectivity index (χ1v) is 8.03. The molecule has 2 fully saturated rings. The molecule has 1 aromatic rings. The molecule has 0 aromatic heterocycles. The lowest BCUT2D eigenvalue weighted by Gasteiger charge is -2.21. The predicted octanol–water partition coefficient (Wildman–Crippen LogP) is 2.20. The highest BCUT2D eigenvalue weighted by Gasteiger charge is 2.28. The van der Waals surface area contributed by atoms with Crippen molar-refractivity contribution in [1.29, 1.82) is 0 Å². The molecule has 1 aromatic carbocycles. The molecular weight excluding hydrogens is 266 g/mol. The number of rotatable bonds is 8. The van der Waals surface area contributed by atoms with Gasteiger partial charge in [-0.1, -0.05) is 12.1 Å². The molecule has 1 aliphatic carbocycles. The van der Waals surface area contributed by atoms with E-state index in [1.807, 2.05) is 12.1 Å². The summed E-state index contributed by atoms with van der Waals surface area (Å²) in [5.74, 6) is 0.911. The van der Waals surface area contributed by atoms with Gasteiger partial charge < -0.3 is 14.6 Å². The molecule has 1 saturated heterocycles. The van der Waals surface area contributed by atoms with Crippen molar-refractivity contribution in [2.75, 3.05) is 26.4 Å². The highest BCUT2D eigenvalue weighted by atomic mass is 16.5. The van der Waals surface area contributed by atoms with Gasteiger partial charge in [-0.2, -0.15) is 0 Å². The van der Waals surface area contributed by atoms with Crippen LogP contribution in [0.2, 0.25) is 0 Å². The van der Waals surface area contributed by atoms with E-state index in [0.717, 1.165) is 38.3 Å². The number of hydrogen-bond donors (Lipinski definition) is 1. The van der Waals surface area contributed by atoms with Gasteiger partial charge in [0.15, 0.2) is 0 Å². The standard InChI is InChI=1S/C17H25NO3/c19-10-9-18(15-5-6-15)12-14-3-7-16(8-4-14)21-13-17-2-1-11-20-17/h3-4,7-8,15,17,19H,1-2,5-6,9-13H2. The van der Waals surface area contributed by atoms with Gasteiger partial charge in [-0.3, -0.25) is 4.90 Å². The first-order chi connectivity index (χ1) is 10.3. The van der Waals surface area contributed by atoms with E-state index in [-0.39, 0.29) is 12.7 Å². The molecule has 4 nitrogen and oxygen atoms in total. The molecule has 2 aliphatic rings. The molecule has 1 saturated carbocycles. The van der Waals surface area contributed by atoms with Crippen LogP contribution in [0.15, 0.2) is 24.3 Å². The molecule has 3 rings (SSSR count). The van der Waals surface area contributed by atoms with Gasteiger partial charge in [0.2, 0.25) is 0 Å². The number of nitrogens with zero attached hydrogens (tertiary/aromatic N) is 1. The Morgan fingerprint density at radius 2 is 2.00 bits per heavy atom. The van der Waals surface area contributed by atoms with Crippen LogP contribution in [0.25, 0.3) is 0 Å². The van der Waals surface area contributed by atoms with Crippen LogP contribution in [0.3, 0.4) is 0 Å². The van der Waals surface area contributed by atoms with Crippen LogP contribution in [-0.4, -0.2) is 48.5 Å². The van der Waals surface area contributed by atoms with Crippen LogP contribution < -0.4 is 4.74 Å². The maximum absolute atomic E-state index is 9.14. The topological polar surface area (TPSA) is 41.9 Å². The fraction of sp³-hybridized carbons (Fsp3) is 0.647. The molecule has 1 atom stereocenters. The van der Waals surface area contributed by atoms with Crippen molar-refractivity contribution in [3.05, 3.63) is 29.8 Å². The molecule has 4 heteroatoms. The van der Waals surface area contributed by atoms with Gasteiger partial charge in [0.1, 0.15) is 12.4 Å². The maximum Gasteiger partial charge on any atom is 0.119 e.